The first-order valence-corrected chi connectivity index (χ1v) is 8.18. The summed E-state index contributed by atoms with van der Waals surface area (Å²) in [6, 6.07) is 14.5. The molecular weight excluding hydrogens is 332 g/mol. The Morgan fingerprint density at radius 2 is 1.88 bits per heavy atom. The second-order valence-corrected chi connectivity index (χ2v) is 5.98. The molecule has 4 aromatic rings. The molecule has 130 valence electrons. The van der Waals surface area contributed by atoms with Crippen molar-refractivity contribution >= 4 is 16.8 Å². The molecule has 0 aliphatic carbocycles. The highest BCUT2D eigenvalue weighted by Gasteiger charge is 2.18. The Morgan fingerprint density at radius 3 is 2.62 bits per heavy atom. The molecule has 1 atom stereocenters. The Bertz CT molecular complexity index is 1070. The van der Waals surface area contributed by atoms with Crippen LogP contribution in [0.15, 0.2) is 57.6 Å². The van der Waals surface area contributed by atoms with Crippen LogP contribution >= 0.6 is 0 Å². The lowest BCUT2D eigenvalue weighted by atomic mass is 10.1. The molecule has 0 bridgehead atoms. The molecule has 0 spiro atoms. The molecule has 0 fully saturated rings. The lowest BCUT2D eigenvalue weighted by molar-refractivity contribution is 0.0932. The van der Waals surface area contributed by atoms with Crippen molar-refractivity contribution in [2.75, 3.05) is 0 Å². The van der Waals surface area contributed by atoms with Crippen molar-refractivity contribution in [1.29, 1.82) is 0 Å². The number of amides is 1. The molecule has 1 N–H and O–H groups in total. The monoisotopic (exact) mass is 348 g/mol. The van der Waals surface area contributed by atoms with E-state index < -0.39 is 6.04 Å². The standard InChI is InChI=1S/C19H16N4O3/c1-11(19-21-12(2)22-26-19)20-18(24)14-8-9-16-15(10-14)17(25-23-16)13-6-4-3-5-7-13/h3-11H,1-2H3,(H,20,24)/t11-/m1/s1. The third kappa shape index (κ3) is 2.95. The third-order valence-electron chi connectivity index (χ3n) is 4.04. The molecule has 2 heterocycles. The number of carbonyl (C=O) groups is 1. The number of hydrogen-bond acceptors (Lipinski definition) is 6. The average molecular weight is 348 g/mol. The molecule has 0 unspecified atom stereocenters. The van der Waals surface area contributed by atoms with Gasteiger partial charge in [-0.15, -0.1) is 0 Å². The first-order valence-electron chi connectivity index (χ1n) is 8.18. The smallest absolute Gasteiger partial charge is 0.251 e. The Balaban J connectivity index is 1.63. The van der Waals surface area contributed by atoms with Crippen molar-refractivity contribution in [3.8, 4) is 11.3 Å². The molecule has 0 aliphatic rings. The van der Waals surface area contributed by atoms with E-state index in [-0.39, 0.29) is 5.91 Å². The fourth-order valence-corrected chi connectivity index (χ4v) is 2.71. The highest BCUT2D eigenvalue weighted by atomic mass is 16.5. The Labute approximate surface area is 149 Å². The van der Waals surface area contributed by atoms with E-state index in [1.54, 1.807) is 32.0 Å². The number of fused-ring (bicyclic) bond motifs is 1. The van der Waals surface area contributed by atoms with Crippen molar-refractivity contribution in [3.05, 3.63) is 65.8 Å². The number of nitrogens with zero attached hydrogens (tertiary/aromatic N) is 3. The largest absolute Gasteiger partial charge is 0.355 e. The number of carbonyl (C=O) groups excluding carboxylic acids is 1. The molecule has 0 saturated heterocycles. The maximum atomic E-state index is 12.6. The molecule has 4 rings (SSSR count). The van der Waals surface area contributed by atoms with Gasteiger partial charge >= 0.3 is 0 Å². The lowest BCUT2D eigenvalue weighted by Crippen LogP contribution is -2.26. The van der Waals surface area contributed by atoms with Gasteiger partial charge < -0.3 is 14.4 Å². The number of benzene rings is 2. The summed E-state index contributed by atoms with van der Waals surface area (Å²) in [4.78, 5) is 16.7. The van der Waals surface area contributed by atoms with E-state index >= 15 is 0 Å². The fourth-order valence-electron chi connectivity index (χ4n) is 2.71. The quantitative estimate of drug-likeness (QED) is 0.604. The maximum absolute atomic E-state index is 12.6. The van der Waals surface area contributed by atoms with E-state index in [9.17, 15) is 4.79 Å². The van der Waals surface area contributed by atoms with Gasteiger partial charge in [0.25, 0.3) is 5.91 Å². The van der Waals surface area contributed by atoms with Gasteiger partial charge in [0, 0.05) is 11.1 Å². The van der Waals surface area contributed by atoms with Gasteiger partial charge in [-0.05, 0) is 32.0 Å². The van der Waals surface area contributed by atoms with Gasteiger partial charge in [0.2, 0.25) is 5.89 Å². The summed E-state index contributed by atoms with van der Waals surface area (Å²) < 4.78 is 10.6. The molecule has 0 saturated carbocycles. The van der Waals surface area contributed by atoms with Crippen LogP contribution in [0.5, 0.6) is 0 Å². The second-order valence-electron chi connectivity index (χ2n) is 5.98. The molecule has 1 amide bonds. The predicted molar refractivity (Wildman–Crippen MR) is 94.4 cm³/mol. The average Bonchev–Trinajstić information content (AvgIpc) is 3.28. The van der Waals surface area contributed by atoms with Crippen LogP contribution in [-0.2, 0) is 0 Å². The number of hydrogen-bond donors (Lipinski definition) is 1. The number of aromatic nitrogens is 3. The third-order valence-corrected chi connectivity index (χ3v) is 4.04. The highest BCUT2D eigenvalue weighted by Crippen LogP contribution is 2.29. The molecule has 7 nitrogen and oxygen atoms in total. The molecular formula is C19H16N4O3. The molecule has 0 radical (unpaired) electrons. The molecule has 2 aromatic heterocycles. The van der Waals surface area contributed by atoms with Crippen LogP contribution in [0.2, 0.25) is 0 Å². The second kappa shape index (κ2) is 6.44. The summed E-state index contributed by atoms with van der Waals surface area (Å²) in [6.45, 7) is 3.52. The van der Waals surface area contributed by atoms with Crippen LogP contribution in [0.1, 0.15) is 35.0 Å². The summed E-state index contributed by atoms with van der Waals surface area (Å²) >= 11 is 0. The lowest BCUT2D eigenvalue weighted by Gasteiger charge is -2.09. The molecule has 2 aromatic carbocycles. The highest BCUT2D eigenvalue weighted by molar-refractivity contribution is 6.01. The van der Waals surface area contributed by atoms with E-state index in [1.807, 2.05) is 30.3 Å². The van der Waals surface area contributed by atoms with Gasteiger partial charge in [0.05, 0.1) is 5.39 Å². The van der Waals surface area contributed by atoms with Crippen LogP contribution in [-0.4, -0.2) is 21.2 Å². The molecule has 0 aliphatic heterocycles. The number of rotatable bonds is 4. The Hall–Kier alpha value is -3.48. The van der Waals surface area contributed by atoms with Crippen LogP contribution < -0.4 is 5.32 Å². The van der Waals surface area contributed by atoms with Crippen LogP contribution in [0.25, 0.3) is 22.2 Å². The minimum absolute atomic E-state index is 0.240. The minimum atomic E-state index is -0.393. The summed E-state index contributed by atoms with van der Waals surface area (Å²) in [5.41, 5.74) is 2.10. The van der Waals surface area contributed by atoms with Gasteiger partial charge in [0.1, 0.15) is 11.6 Å². The minimum Gasteiger partial charge on any atom is -0.355 e. The van der Waals surface area contributed by atoms with Crippen molar-refractivity contribution in [2.45, 2.75) is 19.9 Å². The Kier molecular flexibility index (Phi) is 3.96. The van der Waals surface area contributed by atoms with Gasteiger partial charge in [-0.25, -0.2) is 0 Å². The summed E-state index contributed by atoms with van der Waals surface area (Å²) in [6.07, 6.45) is 0. The van der Waals surface area contributed by atoms with Crippen molar-refractivity contribution in [1.82, 2.24) is 20.6 Å². The van der Waals surface area contributed by atoms with Crippen molar-refractivity contribution in [3.63, 3.8) is 0 Å². The van der Waals surface area contributed by atoms with Gasteiger partial charge in [-0.2, -0.15) is 4.98 Å². The van der Waals surface area contributed by atoms with Gasteiger partial charge in [-0.3, -0.25) is 4.79 Å². The zero-order chi connectivity index (χ0) is 18.1. The fraction of sp³-hybridized carbons (Fsp3) is 0.158. The maximum Gasteiger partial charge on any atom is 0.251 e. The zero-order valence-electron chi connectivity index (χ0n) is 14.3. The zero-order valence-corrected chi connectivity index (χ0v) is 14.3. The molecule has 26 heavy (non-hydrogen) atoms. The van der Waals surface area contributed by atoms with E-state index in [4.69, 9.17) is 9.05 Å². The number of aryl methyl sites for hydroxylation is 1. The van der Waals surface area contributed by atoms with E-state index in [0.717, 1.165) is 10.9 Å². The summed E-state index contributed by atoms with van der Waals surface area (Å²) in [7, 11) is 0. The van der Waals surface area contributed by atoms with E-state index in [0.29, 0.717) is 28.6 Å². The van der Waals surface area contributed by atoms with Gasteiger partial charge in [-0.1, -0.05) is 40.6 Å². The van der Waals surface area contributed by atoms with E-state index in [1.165, 1.54) is 0 Å². The van der Waals surface area contributed by atoms with Crippen LogP contribution in [0.4, 0.5) is 0 Å². The van der Waals surface area contributed by atoms with Gasteiger partial charge in [0.15, 0.2) is 11.6 Å². The summed E-state index contributed by atoms with van der Waals surface area (Å²) in [5.74, 6) is 1.29. The predicted octanol–water partition coefficient (Wildman–Crippen LogP) is 3.68. The number of nitrogens with one attached hydrogen (secondary N) is 1. The van der Waals surface area contributed by atoms with Crippen molar-refractivity contribution < 1.29 is 13.8 Å². The topological polar surface area (TPSA) is 94.1 Å². The first-order chi connectivity index (χ1) is 12.6. The SMILES string of the molecule is Cc1noc([C@@H](C)NC(=O)c2ccc3noc(-c4ccccc4)c3c2)n1. The summed E-state index contributed by atoms with van der Waals surface area (Å²) in [5, 5.41) is 11.4. The molecule has 7 heteroatoms. The van der Waals surface area contributed by atoms with E-state index in [2.05, 4.69) is 20.6 Å². The van der Waals surface area contributed by atoms with Crippen LogP contribution in [0, 0.1) is 6.92 Å². The Morgan fingerprint density at radius 1 is 1.08 bits per heavy atom. The van der Waals surface area contributed by atoms with Crippen molar-refractivity contribution in [2.24, 2.45) is 0 Å². The first kappa shape index (κ1) is 16.0. The normalized spacial score (nSPS) is 12.2. The van der Waals surface area contributed by atoms with Crippen LogP contribution in [0.3, 0.4) is 0 Å².